The Hall–Kier alpha value is -3.18. The molecule has 0 unspecified atom stereocenters. The molecule has 1 amide bonds. The number of amides is 1. The van der Waals surface area contributed by atoms with Gasteiger partial charge in [-0.1, -0.05) is 6.07 Å². The molecule has 2 fully saturated rings. The summed E-state index contributed by atoms with van der Waals surface area (Å²) in [7, 11) is -2.10. The van der Waals surface area contributed by atoms with Gasteiger partial charge in [-0.2, -0.15) is 4.31 Å². The smallest absolute Gasteiger partial charge is 0.245 e. The summed E-state index contributed by atoms with van der Waals surface area (Å²) in [6.45, 7) is 3.44. The van der Waals surface area contributed by atoms with Gasteiger partial charge in [0.25, 0.3) is 0 Å². The molecule has 180 valence electrons. The highest BCUT2D eigenvalue weighted by Gasteiger charge is 2.35. The van der Waals surface area contributed by atoms with E-state index in [9.17, 15) is 13.2 Å². The number of fused-ring (bicyclic) bond motifs is 1. The van der Waals surface area contributed by atoms with Crippen LogP contribution in [0.2, 0.25) is 0 Å². The Morgan fingerprint density at radius 2 is 1.68 bits per heavy atom. The van der Waals surface area contributed by atoms with E-state index in [0.29, 0.717) is 44.5 Å². The maximum Gasteiger partial charge on any atom is 0.245 e. The second kappa shape index (κ2) is 9.22. The lowest BCUT2D eigenvalue weighted by Gasteiger charge is -2.39. The van der Waals surface area contributed by atoms with Gasteiger partial charge in [0.1, 0.15) is 16.2 Å². The SMILES string of the molecule is COc1ccc(N2CCN(C(=O)C3CCN(S(=O)(=O)c4cccc5nonc45)CC3)CC2)cc1. The van der Waals surface area contributed by atoms with E-state index in [1.165, 1.54) is 10.4 Å². The fraction of sp³-hybridized carbons (Fsp3) is 0.435. The van der Waals surface area contributed by atoms with Gasteiger partial charge in [0.2, 0.25) is 15.9 Å². The molecule has 34 heavy (non-hydrogen) atoms. The summed E-state index contributed by atoms with van der Waals surface area (Å²) in [6, 6.07) is 12.7. The highest BCUT2D eigenvalue weighted by Crippen LogP contribution is 2.29. The van der Waals surface area contributed by atoms with Crippen molar-refractivity contribution in [2.45, 2.75) is 17.7 Å². The molecule has 3 aromatic rings. The number of methoxy groups -OCH3 is 1. The van der Waals surface area contributed by atoms with Gasteiger partial charge in [-0.25, -0.2) is 13.0 Å². The number of hydrogen-bond acceptors (Lipinski definition) is 8. The molecule has 2 aliphatic rings. The molecule has 0 bridgehead atoms. The predicted octanol–water partition coefficient (Wildman–Crippen LogP) is 1.98. The molecule has 3 heterocycles. The second-order valence-corrected chi connectivity index (χ2v) is 10.5. The molecular weight excluding hydrogens is 458 g/mol. The highest BCUT2D eigenvalue weighted by atomic mass is 32.2. The van der Waals surface area contributed by atoms with Crippen molar-refractivity contribution in [1.29, 1.82) is 0 Å². The summed E-state index contributed by atoms with van der Waals surface area (Å²) in [5.74, 6) is 0.776. The Labute approximate surface area is 198 Å². The summed E-state index contributed by atoms with van der Waals surface area (Å²) in [5.41, 5.74) is 1.75. The molecule has 2 aromatic carbocycles. The van der Waals surface area contributed by atoms with Gasteiger partial charge in [0, 0.05) is 50.9 Å². The Bertz CT molecular complexity index is 1260. The number of hydrogen-bond donors (Lipinski definition) is 0. The lowest BCUT2D eigenvalue weighted by Crippen LogP contribution is -2.52. The summed E-state index contributed by atoms with van der Waals surface area (Å²) < 4.78 is 37.8. The maximum atomic E-state index is 13.2. The van der Waals surface area contributed by atoms with Gasteiger partial charge in [-0.3, -0.25) is 4.79 Å². The first-order valence-electron chi connectivity index (χ1n) is 11.4. The molecule has 2 aliphatic heterocycles. The zero-order chi connectivity index (χ0) is 23.7. The van der Waals surface area contributed by atoms with Gasteiger partial charge in [0.05, 0.1) is 7.11 Å². The Morgan fingerprint density at radius 3 is 2.35 bits per heavy atom. The van der Waals surface area contributed by atoms with Crippen LogP contribution in [-0.4, -0.2) is 80.2 Å². The van der Waals surface area contributed by atoms with Crippen molar-refractivity contribution in [2.24, 2.45) is 5.92 Å². The first-order chi connectivity index (χ1) is 16.5. The van der Waals surface area contributed by atoms with Crippen LogP contribution in [0.1, 0.15) is 12.8 Å². The standard InChI is InChI=1S/C23H27N5O5S/c1-32-19-7-5-18(6-8-19)26-13-15-27(16-14-26)23(29)17-9-11-28(12-10-17)34(30,31)21-4-2-3-20-22(21)25-33-24-20/h2-8,17H,9-16H2,1H3. The van der Waals surface area contributed by atoms with E-state index in [2.05, 4.69) is 15.2 Å². The van der Waals surface area contributed by atoms with Gasteiger partial charge >= 0.3 is 0 Å². The van der Waals surface area contributed by atoms with Crippen molar-refractivity contribution < 1.29 is 22.6 Å². The van der Waals surface area contributed by atoms with Crippen molar-refractivity contribution in [3.8, 4) is 5.75 Å². The van der Waals surface area contributed by atoms with Crippen molar-refractivity contribution in [1.82, 2.24) is 19.5 Å². The van der Waals surface area contributed by atoms with Gasteiger partial charge in [-0.05, 0) is 59.6 Å². The van der Waals surface area contributed by atoms with Crippen LogP contribution in [-0.2, 0) is 14.8 Å². The van der Waals surface area contributed by atoms with Crippen LogP contribution in [0.5, 0.6) is 5.75 Å². The van der Waals surface area contributed by atoms with Crippen LogP contribution in [0.4, 0.5) is 5.69 Å². The number of nitrogens with zero attached hydrogens (tertiary/aromatic N) is 5. The third-order valence-corrected chi connectivity index (χ3v) is 8.63. The lowest BCUT2D eigenvalue weighted by molar-refractivity contribution is -0.137. The summed E-state index contributed by atoms with van der Waals surface area (Å²) >= 11 is 0. The molecule has 0 spiro atoms. The number of rotatable bonds is 5. The van der Waals surface area contributed by atoms with Crippen LogP contribution < -0.4 is 9.64 Å². The van der Waals surface area contributed by atoms with Crippen molar-refractivity contribution in [3.63, 3.8) is 0 Å². The van der Waals surface area contributed by atoms with Crippen molar-refractivity contribution in [2.75, 3.05) is 51.3 Å². The fourth-order valence-corrected chi connectivity index (χ4v) is 6.31. The van der Waals surface area contributed by atoms with E-state index < -0.39 is 10.0 Å². The zero-order valence-corrected chi connectivity index (χ0v) is 19.8. The molecule has 2 saturated heterocycles. The number of carbonyl (C=O) groups excluding carboxylic acids is 1. The average Bonchev–Trinajstić information content (AvgIpc) is 3.37. The van der Waals surface area contributed by atoms with E-state index in [-0.39, 0.29) is 22.2 Å². The van der Waals surface area contributed by atoms with E-state index in [4.69, 9.17) is 9.37 Å². The number of ether oxygens (including phenoxy) is 1. The number of sulfonamides is 1. The van der Waals surface area contributed by atoms with Crippen LogP contribution in [0.15, 0.2) is 52.0 Å². The lowest BCUT2D eigenvalue weighted by atomic mass is 9.96. The van der Waals surface area contributed by atoms with Crippen molar-refractivity contribution >= 4 is 32.7 Å². The normalized spacial score (nSPS) is 18.4. The van der Waals surface area contributed by atoms with E-state index in [0.717, 1.165) is 24.5 Å². The summed E-state index contributed by atoms with van der Waals surface area (Å²) in [4.78, 5) is 17.4. The highest BCUT2D eigenvalue weighted by molar-refractivity contribution is 7.89. The molecule has 0 aliphatic carbocycles. The molecule has 1 aromatic heterocycles. The van der Waals surface area contributed by atoms with Crippen LogP contribution >= 0.6 is 0 Å². The van der Waals surface area contributed by atoms with E-state index in [1.807, 2.05) is 29.2 Å². The number of piperidine rings is 1. The molecule has 5 rings (SSSR count). The Morgan fingerprint density at radius 1 is 0.971 bits per heavy atom. The summed E-state index contributed by atoms with van der Waals surface area (Å²) in [6.07, 6.45) is 1.01. The molecule has 0 radical (unpaired) electrons. The quantitative estimate of drug-likeness (QED) is 0.540. The van der Waals surface area contributed by atoms with Crippen LogP contribution in [0.25, 0.3) is 11.0 Å². The fourth-order valence-electron chi connectivity index (χ4n) is 4.71. The first kappa shape index (κ1) is 22.6. The van der Waals surface area contributed by atoms with Crippen molar-refractivity contribution in [3.05, 3.63) is 42.5 Å². The summed E-state index contributed by atoms with van der Waals surface area (Å²) in [5, 5.41) is 7.49. The molecule has 11 heteroatoms. The zero-order valence-electron chi connectivity index (χ0n) is 19.0. The number of benzene rings is 2. The monoisotopic (exact) mass is 485 g/mol. The molecular formula is C23H27N5O5S. The topological polar surface area (TPSA) is 109 Å². The van der Waals surface area contributed by atoms with Gasteiger partial charge in [0.15, 0.2) is 5.52 Å². The molecule has 0 atom stereocenters. The van der Waals surface area contributed by atoms with Gasteiger partial charge < -0.3 is 14.5 Å². The minimum Gasteiger partial charge on any atom is -0.497 e. The maximum absolute atomic E-state index is 13.2. The third kappa shape index (κ3) is 4.21. The Kier molecular flexibility index (Phi) is 6.13. The minimum atomic E-state index is -3.75. The number of piperazine rings is 1. The molecule has 0 saturated carbocycles. The van der Waals surface area contributed by atoms with E-state index in [1.54, 1.807) is 19.2 Å². The molecule has 10 nitrogen and oxygen atoms in total. The van der Waals surface area contributed by atoms with Crippen LogP contribution in [0.3, 0.4) is 0 Å². The average molecular weight is 486 g/mol. The number of carbonyl (C=O) groups is 1. The predicted molar refractivity (Wildman–Crippen MR) is 125 cm³/mol. The van der Waals surface area contributed by atoms with Gasteiger partial charge in [-0.15, -0.1) is 0 Å². The number of aromatic nitrogens is 2. The third-order valence-electron chi connectivity index (χ3n) is 6.70. The first-order valence-corrected chi connectivity index (χ1v) is 12.8. The minimum absolute atomic E-state index is 0.0886. The Balaban J connectivity index is 1.17. The number of anilines is 1. The van der Waals surface area contributed by atoms with E-state index >= 15 is 0 Å². The largest absolute Gasteiger partial charge is 0.497 e. The molecule has 0 N–H and O–H groups in total. The second-order valence-electron chi connectivity index (χ2n) is 8.58. The van der Waals surface area contributed by atoms with Crippen LogP contribution in [0, 0.1) is 5.92 Å².